The third-order valence-electron chi connectivity index (χ3n) is 2.93. The molecule has 0 spiro atoms. The lowest BCUT2D eigenvalue weighted by Gasteiger charge is -2.23. The number of sulfonamides is 1. The number of benzene rings is 1. The van der Waals surface area contributed by atoms with E-state index in [2.05, 4.69) is 5.32 Å². The van der Waals surface area contributed by atoms with Crippen LogP contribution in [-0.4, -0.2) is 34.6 Å². The SMILES string of the molecule is NS(=O)(=O)c1ccc(N2CCCNCC2)c(F)c1. The molecule has 1 aliphatic heterocycles. The Morgan fingerprint density at radius 2 is 2.06 bits per heavy atom. The molecule has 0 radical (unpaired) electrons. The highest BCUT2D eigenvalue weighted by atomic mass is 32.2. The molecule has 0 saturated carbocycles. The molecule has 1 aromatic carbocycles. The molecule has 0 atom stereocenters. The zero-order valence-electron chi connectivity index (χ0n) is 9.89. The lowest BCUT2D eigenvalue weighted by atomic mass is 10.2. The fourth-order valence-corrected chi connectivity index (χ4v) is 2.53. The topological polar surface area (TPSA) is 75.4 Å². The van der Waals surface area contributed by atoms with Gasteiger partial charge in [0.15, 0.2) is 0 Å². The van der Waals surface area contributed by atoms with Crippen molar-refractivity contribution in [3.8, 4) is 0 Å². The van der Waals surface area contributed by atoms with Gasteiger partial charge < -0.3 is 10.2 Å². The Morgan fingerprint density at radius 1 is 1.28 bits per heavy atom. The summed E-state index contributed by atoms with van der Waals surface area (Å²) < 4.78 is 36.1. The van der Waals surface area contributed by atoms with Crippen LogP contribution in [0.4, 0.5) is 10.1 Å². The van der Waals surface area contributed by atoms with E-state index in [1.165, 1.54) is 12.1 Å². The summed E-state index contributed by atoms with van der Waals surface area (Å²) in [6.07, 6.45) is 0.927. The highest BCUT2D eigenvalue weighted by Gasteiger charge is 2.16. The second-order valence-corrected chi connectivity index (χ2v) is 5.81. The number of nitrogens with two attached hydrogens (primary N) is 1. The van der Waals surface area contributed by atoms with E-state index in [1.54, 1.807) is 0 Å². The quantitative estimate of drug-likeness (QED) is 0.811. The first-order chi connectivity index (χ1) is 8.48. The number of halogens is 1. The molecule has 1 aliphatic rings. The fourth-order valence-electron chi connectivity index (χ4n) is 2.01. The van der Waals surface area contributed by atoms with E-state index in [0.29, 0.717) is 12.2 Å². The molecular formula is C11H16FN3O2S. The first-order valence-electron chi connectivity index (χ1n) is 5.76. The molecule has 2 rings (SSSR count). The van der Waals surface area contributed by atoms with Crippen molar-refractivity contribution >= 4 is 15.7 Å². The summed E-state index contributed by atoms with van der Waals surface area (Å²) in [6, 6.07) is 3.79. The van der Waals surface area contributed by atoms with Gasteiger partial charge in [-0.25, -0.2) is 17.9 Å². The molecule has 1 aromatic rings. The maximum atomic E-state index is 13.9. The van der Waals surface area contributed by atoms with Crippen molar-refractivity contribution in [3.63, 3.8) is 0 Å². The van der Waals surface area contributed by atoms with Crippen LogP contribution in [0.2, 0.25) is 0 Å². The molecule has 1 saturated heterocycles. The number of nitrogens with zero attached hydrogens (tertiary/aromatic N) is 1. The lowest BCUT2D eigenvalue weighted by Crippen LogP contribution is -2.28. The Kier molecular flexibility index (Phi) is 3.84. The minimum atomic E-state index is -3.85. The number of anilines is 1. The van der Waals surface area contributed by atoms with Gasteiger partial charge in [-0.05, 0) is 31.2 Å². The van der Waals surface area contributed by atoms with Gasteiger partial charge in [-0.2, -0.15) is 0 Å². The number of nitrogens with one attached hydrogen (secondary N) is 1. The molecule has 7 heteroatoms. The molecule has 1 heterocycles. The summed E-state index contributed by atoms with van der Waals surface area (Å²) in [5.74, 6) is -0.552. The smallest absolute Gasteiger partial charge is 0.238 e. The van der Waals surface area contributed by atoms with Crippen LogP contribution in [0.15, 0.2) is 23.1 Å². The third-order valence-corrected chi connectivity index (χ3v) is 3.84. The van der Waals surface area contributed by atoms with Crippen LogP contribution in [0.3, 0.4) is 0 Å². The average molecular weight is 273 g/mol. The van der Waals surface area contributed by atoms with Crippen LogP contribution in [0.25, 0.3) is 0 Å². The standard InChI is InChI=1S/C11H16FN3O2S/c12-10-8-9(18(13,16)17)2-3-11(10)15-6-1-4-14-5-7-15/h2-3,8,14H,1,4-7H2,(H2,13,16,17). The van der Waals surface area contributed by atoms with Crippen LogP contribution >= 0.6 is 0 Å². The van der Waals surface area contributed by atoms with E-state index >= 15 is 0 Å². The van der Waals surface area contributed by atoms with E-state index in [1.807, 2.05) is 4.90 Å². The van der Waals surface area contributed by atoms with Crippen molar-refractivity contribution in [3.05, 3.63) is 24.0 Å². The van der Waals surface area contributed by atoms with Crippen molar-refractivity contribution in [2.75, 3.05) is 31.1 Å². The summed E-state index contributed by atoms with van der Waals surface area (Å²) in [4.78, 5) is 1.71. The number of hydrogen-bond donors (Lipinski definition) is 2. The normalized spacial score (nSPS) is 17.6. The van der Waals surface area contributed by atoms with Crippen LogP contribution in [-0.2, 0) is 10.0 Å². The highest BCUT2D eigenvalue weighted by molar-refractivity contribution is 7.89. The van der Waals surface area contributed by atoms with Crippen LogP contribution in [0, 0.1) is 5.82 Å². The van der Waals surface area contributed by atoms with Crippen molar-refractivity contribution in [1.82, 2.24) is 5.32 Å². The second kappa shape index (κ2) is 5.21. The Morgan fingerprint density at radius 3 is 2.72 bits per heavy atom. The summed E-state index contributed by atoms with van der Waals surface area (Å²) in [5, 5.41) is 8.18. The zero-order chi connectivity index (χ0) is 13.2. The van der Waals surface area contributed by atoms with Gasteiger partial charge in [-0.15, -0.1) is 0 Å². The monoisotopic (exact) mass is 273 g/mol. The van der Waals surface area contributed by atoms with E-state index in [9.17, 15) is 12.8 Å². The minimum absolute atomic E-state index is 0.198. The van der Waals surface area contributed by atoms with Crippen LogP contribution < -0.4 is 15.4 Å². The van der Waals surface area contributed by atoms with Gasteiger partial charge in [0.05, 0.1) is 10.6 Å². The molecule has 1 fully saturated rings. The maximum Gasteiger partial charge on any atom is 0.238 e. The fraction of sp³-hybridized carbons (Fsp3) is 0.455. The molecule has 3 N–H and O–H groups in total. The van der Waals surface area contributed by atoms with Gasteiger partial charge in [-0.1, -0.05) is 0 Å². The summed E-state index contributed by atoms with van der Waals surface area (Å²) in [6.45, 7) is 3.15. The second-order valence-electron chi connectivity index (χ2n) is 4.25. The van der Waals surface area contributed by atoms with Gasteiger partial charge in [0.1, 0.15) is 5.82 Å². The Balaban J connectivity index is 2.29. The predicted molar refractivity (Wildman–Crippen MR) is 67.5 cm³/mol. The first kappa shape index (κ1) is 13.3. The van der Waals surface area contributed by atoms with E-state index in [-0.39, 0.29) is 4.90 Å². The molecule has 0 unspecified atom stereocenters. The summed E-state index contributed by atoms with van der Waals surface area (Å²) >= 11 is 0. The van der Waals surface area contributed by atoms with Gasteiger partial charge in [0.2, 0.25) is 10.0 Å². The van der Waals surface area contributed by atoms with Crippen LogP contribution in [0.5, 0.6) is 0 Å². The largest absolute Gasteiger partial charge is 0.368 e. The van der Waals surface area contributed by atoms with Crippen molar-refractivity contribution in [2.24, 2.45) is 5.14 Å². The Labute approximate surface area is 106 Å². The molecule has 5 nitrogen and oxygen atoms in total. The van der Waals surface area contributed by atoms with Gasteiger partial charge in [0, 0.05) is 19.6 Å². The molecule has 0 bridgehead atoms. The predicted octanol–water partition coefficient (Wildman–Crippen LogP) is 0.273. The molecule has 0 aliphatic carbocycles. The Hall–Kier alpha value is -1.18. The van der Waals surface area contributed by atoms with Gasteiger partial charge in [-0.3, -0.25) is 0 Å². The highest BCUT2D eigenvalue weighted by Crippen LogP contribution is 2.22. The third kappa shape index (κ3) is 2.98. The van der Waals surface area contributed by atoms with Gasteiger partial charge >= 0.3 is 0 Å². The number of primary sulfonamides is 1. The maximum absolute atomic E-state index is 13.9. The van der Waals surface area contributed by atoms with Crippen molar-refractivity contribution in [2.45, 2.75) is 11.3 Å². The van der Waals surface area contributed by atoms with Crippen molar-refractivity contribution < 1.29 is 12.8 Å². The number of hydrogen-bond acceptors (Lipinski definition) is 4. The van der Waals surface area contributed by atoms with Crippen molar-refractivity contribution in [1.29, 1.82) is 0 Å². The molecule has 0 amide bonds. The first-order valence-corrected chi connectivity index (χ1v) is 7.31. The summed E-state index contributed by atoms with van der Waals surface area (Å²) in [7, 11) is -3.85. The van der Waals surface area contributed by atoms with Gasteiger partial charge in [0.25, 0.3) is 0 Å². The minimum Gasteiger partial charge on any atom is -0.368 e. The average Bonchev–Trinajstić information content (AvgIpc) is 2.56. The van der Waals surface area contributed by atoms with E-state index < -0.39 is 15.8 Å². The molecule has 100 valence electrons. The zero-order valence-corrected chi connectivity index (χ0v) is 10.7. The van der Waals surface area contributed by atoms with Crippen LogP contribution in [0.1, 0.15) is 6.42 Å². The summed E-state index contributed by atoms with van der Waals surface area (Å²) in [5.41, 5.74) is 0.422. The molecule has 0 aromatic heterocycles. The molecule has 18 heavy (non-hydrogen) atoms. The van der Waals surface area contributed by atoms with E-state index in [4.69, 9.17) is 5.14 Å². The lowest BCUT2D eigenvalue weighted by molar-refractivity contribution is 0.590. The van der Waals surface area contributed by atoms with E-state index in [0.717, 1.165) is 32.1 Å². The Bertz CT molecular complexity index is 525. The number of rotatable bonds is 2. The molecular weight excluding hydrogens is 257 g/mol.